The lowest BCUT2D eigenvalue weighted by molar-refractivity contribution is 0.0206. The zero-order chi connectivity index (χ0) is 8.48. The van der Waals surface area contributed by atoms with Gasteiger partial charge in [-0.2, -0.15) is 0 Å². The van der Waals surface area contributed by atoms with E-state index < -0.39 is 5.60 Å². The molecule has 0 aromatic carbocycles. The molecule has 0 aromatic heterocycles. The Morgan fingerprint density at radius 2 is 2.45 bits per heavy atom. The number of nitrogens with zero attached hydrogens (tertiary/aromatic N) is 1. The van der Waals surface area contributed by atoms with Gasteiger partial charge in [0.1, 0.15) is 11.4 Å². The van der Waals surface area contributed by atoms with E-state index in [4.69, 9.17) is 10.5 Å². The van der Waals surface area contributed by atoms with Crippen molar-refractivity contribution in [3.8, 4) is 0 Å². The first-order valence-electron chi connectivity index (χ1n) is 3.66. The molecule has 62 valence electrons. The Hall–Kier alpha value is -0.830. The quantitative estimate of drug-likeness (QED) is 0.565. The van der Waals surface area contributed by atoms with Gasteiger partial charge in [-0.25, -0.2) is 0 Å². The average Bonchev–Trinajstić information content (AvgIpc) is 1.95. The largest absolute Gasteiger partial charge is 0.385 e. The minimum atomic E-state index is -0.403. The highest BCUT2D eigenvalue weighted by atomic mass is 16.5. The smallest absolute Gasteiger partial charge is 0.126 e. The Kier molecular flexibility index (Phi) is 2.00. The second kappa shape index (κ2) is 2.66. The average molecular weight is 154 g/mol. The highest BCUT2D eigenvalue weighted by molar-refractivity contribution is 5.88. The van der Waals surface area contributed by atoms with Gasteiger partial charge in [-0.15, -0.1) is 6.58 Å². The molecule has 0 spiro atoms. The van der Waals surface area contributed by atoms with Crippen LogP contribution in [0.3, 0.4) is 0 Å². The molecule has 1 aliphatic heterocycles. The summed E-state index contributed by atoms with van der Waals surface area (Å²) in [4.78, 5) is 4.20. The highest BCUT2D eigenvalue weighted by Crippen LogP contribution is 2.16. The molecule has 0 saturated carbocycles. The predicted octanol–water partition coefficient (Wildman–Crippen LogP) is 0.707. The molecule has 1 unspecified atom stereocenters. The van der Waals surface area contributed by atoms with Gasteiger partial charge in [0.2, 0.25) is 0 Å². The van der Waals surface area contributed by atoms with Crippen LogP contribution in [-0.2, 0) is 4.74 Å². The lowest BCUT2D eigenvalue weighted by Gasteiger charge is -2.30. The van der Waals surface area contributed by atoms with Crippen molar-refractivity contribution in [2.24, 2.45) is 10.7 Å². The van der Waals surface area contributed by atoms with Gasteiger partial charge in [0.05, 0.1) is 12.6 Å². The molecule has 3 heteroatoms. The maximum absolute atomic E-state index is 5.66. The van der Waals surface area contributed by atoms with Gasteiger partial charge in [-0.3, -0.25) is 4.99 Å². The fraction of sp³-hybridized carbons (Fsp3) is 0.625. The minimum Gasteiger partial charge on any atom is -0.385 e. The van der Waals surface area contributed by atoms with Crippen LogP contribution in [0, 0.1) is 0 Å². The second-order valence-corrected chi connectivity index (χ2v) is 3.14. The first-order valence-corrected chi connectivity index (χ1v) is 3.66. The number of amidine groups is 1. The summed E-state index contributed by atoms with van der Waals surface area (Å²) in [7, 11) is 0. The molecule has 0 radical (unpaired) electrons. The van der Waals surface area contributed by atoms with Gasteiger partial charge in [0.25, 0.3) is 0 Å². The minimum absolute atomic E-state index is 0.0306. The third-order valence-electron chi connectivity index (χ3n) is 1.81. The summed E-state index contributed by atoms with van der Waals surface area (Å²) in [6.45, 7) is 8.02. The standard InChI is InChI=1S/C8H14N2O/c1-4-6-5-11-8(2,3)7(9)10-6/h4,6H,1,5H2,2-3H3,(H2,9,10). The topological polar surface area (TPSA) is 47.6 Å². The van der Waals surface area contributed by atoms with Crippen LogP contribution >= 0.6 is 0 Å². The van der Waals surface area contributed by atoms with Crippen molar-refractivity contribution in [3.63, 3.8) is 0 Å². The fourth-order valence-electron chi connectivity index (χ4n) is 0.860. The number of rotatable bonds is 1. The van der Waals surface area contributed by atoms with E-state index in [1.807, 2.05) is 13.8 Å². The van der Waals surface area contributed by atoms with Crippen molar-refractivity contribution in [2.75, 3.05) is 6.61 Å². The fourth-order valence-corrected chi connectivity index (χ4v) is 0.860. The summed E-state index contributed by atoms with van der Waals surface area (Å²) >= 11 is 0. The third kappa shape index (κ3) is 1.60. The molecule has 1 heterocycles. The Balaban J connectivity index is 2.79. The van der Waals surface area contributed by atoms with Gasteiger partial charge >= 0.3 is 0 Å². The Labute approximate surface area is 66.9 Å². The van der Waals surface area contributed by atoms with Gasteiger partial charge < -0.3 is 10.5 Å². The Morgan fingerprint density at radius 1 is 1.82 bits per heavy atom. The molecule has 0 aromatic rings. The molecule has 1 rings (SSSR count). The van der Waals surface area contributed by atoms with E-state index in [0.29, 0.717) is 12.4 Å². The Morgan fingerprint density at radius 3 is 2.91 bits per heavy atom. The molecule has 0 bridgehead atoms. The van der Waals surface area contributed by atoms with Crippen molar-refractivity contribution in [2.45, 2.75) is 25.5 Å². The molecule has 0 amide bonds. The van der Waals surface area contributed by atoms with Crippen LogP contribution in [0.1, 0.15) is 13.8 Å². The number of ether oxygens (including phenoxy) is 1. The van der Waals surface area contributed by atoms with Gasteiger partial charge in [-0.05, 0) is 13.8 Å². The first-order chi connectivity index (χ1) is 5.06. The van der Waals surface area contributed by atoms with E-state index in [2.05, 4.69) is 11.6 Å². The zero-order valence-electron chi connectivity index (χ0n) is 7.00. The van der Waals surface area contributed by atoms with Crippen LogP contribution in [0.25, 0.3) is 0 Å². The summed E-state index contributed by atoms with van der Waals surface area (Å²) in [6.07, 6.45) is 1.74. The zero-order valence-corrected chi connectivity index (χ0v) is 7.00. The molecular weight excluding hydrogens is 140 g/mol. The molecule has 0 aliphatic carbocycles. The van der Waals surface area contributed by atoms with Crippen LogP contribution in [0.5, 0.6) is 0 Å². The van der Waals surface area contributed by atoms with E-state index in [1.54, 1.807) is 6.08 Å². The van der Waals surface area contributed by atoms with Crippen molar-refractivity contribution >= 4 is 5.84 Å². The number of nitrogens with two attached hydrogens (primary N) is 1. The van der Waals surface area contributed by atoms with E-state index in [0.717, 1.165) is 0 Å². The first kappa shape index (κ1) is 8.27. The maximum Gasteiger partial charge on any atom is 0.126 e. The molecule has 3 nitrogen and oxygen atoms in total. The molecule has 2 N–H and O–H groups in total. The van der Waals surface area contributed by atoms with Crippen LogP contribution < -0.4 is 5.73 Å². The van der Waals surface area contributed by atoms with Crippen molar-refractivity contribution in [1.29, 1.82) is 0 Å². The number of hydrogen-bond donors (Lipinski definition) is 1. The predicted molar refractivity (Wildman–Crippen MR) is 45.6 cm³/mol. The normalized spacial score (nSPS) is 29.3. The summed E-state index contributed by atoms with van der Waals surface area (Å²) < 4.78 is 5.45. The molecular formula is C8H14N2O. The van der Waals surface area contributed by atoms with E-state index in [9.17, 15) is 0 Å². The monoisotopic (exact) mass is 154 g/mol. The summed E-state index contributed by atoms with van der Waals surface area (Å²) in [5.41, 5.74) is 5.25. The van der Waals surface area contributed by atoms with E-state index in [1.165, 1.54) is 0 Å². The molecule has 11 heavy (non-hydrogen) atoms. The molecule has 0 saturated heterocycles. The van der Waals surface area contributed by atoms with Gasteiger partial charge in [-0.1, -0.05) is 6.08 Å². The molecule has 1 atom stereocenters. The van der Waals surface area contributed by atoms with Gasteiger partial charge in [0.15, 0.2) is 0 Å². The summed E-state index contributed by atoms with van der Waals surface area (Å²) in [5.74, 6) is 0.550. The lowest BCUT2D eigenvalue weighted by Crippen LogP contribution is -2.46. The van der Waals surface area contributed by atoms with E-state index in [-0.39, 0.29) is 6.04 Å². The SMILES string of the molecule is C=CC1COC(C)(C)C(N)=N1. The van der Waals surface area contributed by atoms with Crippen LogP contribution in [0.2, 0.25) is 0 Å². The van der Waals surface area contributed by atoms with Crippen LogP contribution in [0.15, 0.2) is 17.6 Å². The van der Waals surface area contributed by atoms with Crippen LogP contribution in [-0.4, -0.2) is 24.1 Å². The number of hydrogen-bond acceptors (Lipinski definition) is 3. The summed E-state index contributed by atoms with van der Waals surface area (Å²) in [5, 5.41) is 0. The third-order valence-corrected chi connectivity index (χ3v) is 1.81. The van der Waals surface area contributed by atoms with Crippen molar-refractivity contribution in [3.05, 3.63) is 12.7 Å². The highest BCUT2D eigenvalue weighted by Gasteiger charge is 2.28. The number of aliphatic imine (C=N–C) groups is 1. The van der Waals surface area contributed by atoms with Gasteiger partial charge in [0, 0.05) is 0 Å². The lowest BCUT2D eigenvalue weighted by atomic mass is 10.1. The Bertz CT molecular complexity index is 196. The van der Waals surface area contributed by atoms with Crippen molar-refractivity contribution < 1.29 is 4.74 Å². The maximum atomic E-state index is 5.66. The summed E-state index contributed by atoms with van der Waals surface area (Å²) in [6, 6.07) is 0.0306. The van der Waals surface area contributed by atoms with E-state index >= 15 is 0 Å². The van der Waals surface area contributed by atoms with Crippen molar-refractivity contribution in [1.82, 2.24) is 0 Å². The second-order valence-electron chi connectivity index (χ2n) is 3.14. The van der Waals surface area contributed by atoms with Crippen LogP contribution in [0.4, 0.5) is 0 Å². The molecule has 0 fully saturated rings. The molecule has 1 aliphatic rings.